The van der Waals surface area contributed by atoms with E-state index in [1.165, 1.54) is 7.11 Å². The van der Waals surface area contributed by atoms with Crippen LogP contribution in [-0.2, 0) is 17.7 Å². The van der Waals surface area contributed by atoms with Crippen LogP contribution in [0.15, 0.2) is 35.5 Å². The van der Waals surface area contributed by atoms with Gasteiger partial charge in [-0.1, -0.05) is 30.7 Å². The topological polar surface area (TPSA) is 83.3 Å². The fourth-order valence-corrected chi connectivity index (χ4v) is 4.06. The first-order valence-electron chi connectivity index (χ1n) is 9.57. The molecule has 0 unspecified atom stereocenters. The largest absolute Gasteiger partial charge is 0.496 e. The summed E-state index contributed by atoms with van der Waals surface area (Å²) in [5.41, 5.74) is 2.67. The lowest BCUT2D eigenvalue weighted by molar-refractivity contribution is -0.00652. The molecule has 2 atom stereocenters. The summed E-state index contributed by atoms with van der Waals surface area (Å²) in [4.78, 5) is 26.3. The number of Topliss-reactive ketones (excluding diaryl/α,β-unsaturated/α-hetero) is 2. The summed E-state index contributed by atoms with van der Waals surface area (Å²) in [6, 6.07) is 5.12. The van der Waals surface area contributed by atoms with Gasteiger partial charge in [0.15, 0.2) is 11.6 Å². The lowest BCUT2D eigenvalue weighted by Crippen LogP contribution is -2.39. The maximum absolute atomic E-state index is 13.1. The van der Waals surface area contributed by atoms with Gasteiger partial charge in [0.25, 0.3) is 0 Å². The van der Waals surface area contributed by atoms with Crippen LogP contribution in [0.5, 0.6) is 5.75 Å². The lowest BCUT2D eigenvalue weighted by Gasteiger charge is -2.34. The van der Waals surface area contributed by atoms with Crippen molar-refractivity contribution in [2.45, 2.75) is 51.9 Å². The van der Waals surface area contributed by atoms with Crippen LogP contribution in [0.2, 0.25) is 0 Å². The van der Waals surface area contributed by atoms with Gasteiger partial charge in [-0.25, -0.2) is 4.68 Å². The number of benzene rings is 1. The molecule has 1 aliphatic heterocycles. The third-order valence-corrected chi connectivity index (χ3v) is 5.28. The average Bonchev–Trinajstić information content (AvgIpc) is 3.12. The number of fused-ring (bicyclic) bond motifs is 1. The van der Waals surface area contributed by atoms with Gasteiger partial charge in [-0.2, -0.15) is 0 Å². The predicted octanol–water partition coefficient (Wildman–Crippen LogP) is 2.79. The molecule has 0 saturated carbocycles. The van der Waals surface area contributed by atoms with E-state index in [0.717, 1.165) is 18.5 Å². The monoisotopic (exact) mass is 381 g/mol. The van der Waals surface area contributed by atoms with Gasteiger partial charge in [0, 0.05) is 29.3 Å². The Bertz CT molecular complexity index is 976. The first-order valence-corrected chi connectivity index (χ1v) is 9.57. The summed E-state index contributed by atoms with van der Waals surface area (Å²) < 4.78 is 13.1. The maximum Gasteiger partial charge on any atom is 0.196 e. The van der Waals surface area contributed by atoms with Crippen molar-refractivity contribution in [2.24, 2.45) is 0 Å². The molecule has 28 heavy (non-hydrogen) atoms. The number of nitrogens with zero attached hydrogens (tertiary/aromatic N) is 3. The molecule has 146 valence electrons. The second-order valence-electron chi connectivity index (χ2n) is 7.22. The van der Waals surface area contributed by atoms with Gasteiger partial charge in [-0.05, 0) is 19.4 Å². The van der Waals surface area contributed by atoms with Gasteiger partial charge in [-0.3, -0.25) is 9.59 Å². The quantitative estimate of drug-likeness (QED) is 0.792. The third kappa shape index (κ3) is 3.05. The maximum atomic E-state index is 13.1. The molecule has 7 heteroatoms. The highest BCUT2D eigenvalue weighted by molar-refractivity contribution is 6.28. The Hall–Kier alpha value is -2.80. The predicted molar refractivity (Wildman–Crippen MR) is 102 cm³/mol. The van der Waals surface area contributed by atoms with E-state index < -0.39 is 6.10 Å². The lowest BCUT2D eigenvalue weighted by atomic mass is 9.78. The zero-order valence-corrected chi connectivity index (χ0v) is 16.3. The number of hydrogen-bond donors (Lipinski definition) is 0. The standard InChI is InChI=1S/C21H23N3O4/c1-4-6-13-10-24(23-22-13)11-14-9-16-18(12(2)28-14)21(26)19-15(20(16)25)7-5-8-17(19)27-3/h5,7-8,10,12,14H,4,6,9,11H2,1-3H3/t12-,14-/m1/s1. The Labute approximate surface area is 163 Å². The molecule has 2 aromatic rings. The minimum atomic E-state index is -0.470. The number of carbonyl (C=O) groups excluding carboxylic acids is 2. The molecule has 1 aromatic heterocycles. The molecule has 0 fully saturated rings. The molecule has 1 aliphatic carbocycles. The van der Waals surface area contributed by atoms with Crippen LogP contribution in [0.25, 0.3) is 0 Å². The zero-order valence-electron chi connectivity index (χ0n) is 16.3. The number of aryl methyl sites for hydroxylation is 1. The molecule has 0 amide bonds. The van der Waals surface area contributed by atoms with Crippen molar-refractivity contribution < 1.29 is 19.1 Å². The molecule has 2 aliphatic rings. The van der Waals surface area contributed by atoms with E-state index in [2.05, 4.69) is 17.2 Å². The number of aromatic nitrogens is 3. The molecular formula is C21H23N3O4. The van der Waals surface area contributed by atoms with Gasteiger partial charge in [0.05, 0.1) is 37.1 Å². The Morgan fingerprint density at radius 1 is 1.29 bits per heavy atom. The summed E-state index contributed by atoms with van der Waals surface area (Å²) in [5, 5.41) is 8.31. The van der Waals surface area contributed by atoms with Crippen LogP contribution in [0.1, 0.15) is 53.1 Å². The first-order chi connectivity index (χ1) is 13.5. The molecular weight excluding hydrogens is 358 g/mol. The van der Waals surface area contributed by atoms with Crippen LogP contribution in [-0.4, -0.2) is 45.9 Å². The van der Waals surface area contributed by atoms with E-state index in [1.54, 1.807) is 22.9 Å². The SMILES string of the molecule is CCCc1cn(C[C@H]2CC3=C(C(=O)c4c(OC)cccc4C3=O)[C@@H](C)O2)nn1. The van der Waals surface area contributed by atoms with Crippen LogP contribution >= 0.6 is 0 Å². The van der Waals surface area contributed by atoms with Crippen LogP contribution in [0.4, 0.5) is 0 Å². The second kappa shape index (κ2) is 7.31. The van der Waals surface area contributed by atoms with E-state index in [0.29, 0.717) is 41.0 Å². The van der Waals surface area contributed by atoms with Crippen molar-refractivity contribution in [2.75, 3.05) is 7.11 Å². The van der Waals surface area contributed by atoms with Gasteiger partial charge in [0.1, 0.15) is 5.75 Å². The van der Waals surface area contributed by atoms with E-state index in [9.17, 15) is 9.59 Å². The third-order valence-electron chi connectivity index (χ3n) is 5.28. The number of hydrogen-bond acceptors (Lipinski definition) is 6. The smallest absolute Gasteiger partial charge is 0.196 e. The van der Waals surface area contributed by atoms with Crippen molar-refractivity contribution in [1.82, 2.24) is 15.0 Å². The highest BCUT2D eigenvalue weighted by Crippen LogP contribution is 2.39. The van der Waals surface area contributed by atoms with E-state index in [-0.39, 0.29) is 17.7 Å². The Morgan fingerprint density at radius 3 is 2.86 bits per heavy atom. The number of carbonyl (C=O) groups is 2. The van der Waals surface area contributed by atoms with E-state index in [4.69, 9.17) is 9.47 Å². The van der Waals surface area contributed by atoms with Crippen molar-refractivity contribution in [3.8, 4) is 5.75 Å². The number of ether oxygens (including phenoxy) is 2. The number of methoxy groups -OCH3 is 1. The minimum Gasteiger partial charge on any atom is -0.496 e. The summed E-state index contributed by atoms with van der Waals surface area (Å²) in [6.45, 7) is 4.40. The van der Waals surface area contributed by atoms with Crippen LogP contribution in [0, 0.1) is 0 Å². The molecule has 7 nitrogen and oxygen atoms in total. The summed E-state index contributed by atoms with van der Waals surface area (Å²) in [5.74, 6) is 0.121. The Kier molecular flexibility index (Phi) is 4.85. The summed E-state index contributed by atoms with van der Waals surface area (Å²) >= 11 is 0. The van der Waals surface area contributed by atoms with Crippen molar-refractivity contribution in [3.05, 3.63) is 52.4 Å². The first kappa shape index (κ1) is 18.6. The van der Waals surface area contributed by atoms with E-state index >= 15 is 0 Å². The molecule has 0 bridgehead atoms. The van der Waals surface area contributed by atoms with Gasteiger partial charge >= 0.3 is 0 Å². The van der Waals surface area contributed by atoms with Crippen molar-refractivity contribution >= 4 is 11.6 Å². The molecule has 1 aromatic carbocycles. The molecule has 0 saturated heterocycles. The van der Waals surface area contributed by atoms with Crippen molar-refractivity contribution in [3.63, 3.8) is 0 Å². The Balaban J connectivity index is 1.63. The van der Waals surface area contributed by atoms with Gasteiger partial charge in [-0.15, -0.1) is 5.10 Å². The van der Waals surface area contributed by atoms with Crippen molar-refractivity contribution in [1.29, 1.82) is 0 Å². The molecule has 4 rings (SSSR count). The highest BCUT2D eigenvalue weighted by atomic mass is 16.5. The average molecular weight is 381 g/mol. The molecule has 0 N–H and O–H groups in total. The second-order valence-corrected chi connectivity index (χ2v) is 7.22. The normalized spacial score (nSPS) is 21.5. The summed E-state index contributed by atoms with van der Waals surface area (Å²) in [6.07, 6.45) is 3.46. The van der Waals surface area contributed by atoms with Crippen LogP contribution < -0.4 is 4.74 Å². The molecule has 0 spiro atoms. The summed E-state index contributed by atoms with van der Waals surface area (Å²) in [7, 11) is 1.50. The van der Waals surface area contributed by atoms with Crippen LogP contribution in [0.3, 0.4) is 0 Å². The number of rotatable bonds is 5. The zero-order chi connectivity index (χ0) is 19.8. The highest BCUT2D eigenvalue weighted by Gasteiger charge is 2.41. The minimum absolute atomic E-state index is 0.117. The fraction of sp³-hybridized carbons (Fsp3) is 0.429. The Morgan fingerprint density at radius 2 is 2.11 bits per heavy atom. The van der Waals surface area contributed by atoms with E-state index in [1.807, 2.05) is 13.1 Å². The number of ketones is 2. The fourth-order valence-electron chi connectivity index (χ4n) is 4.06. The van der Waals surface area contributed by atoms with Gasteiger partial charge in [0.2, 0.25) is 0 Å². The molecule has 0 radical (unpaired) electrons. The van der Waals surface area contributed by atoms with Gasteiger partial charge < -0.3 is 9.47 Å². The molecule has 2 heterocycles.